The first-order valence-corrected chi connectivity index (χ1v) is 10.7. The van der Waals surface area contributed by atoms with Crippen LogP contribution in [0.4, 0.5) is 10.8 Å². The second-order valence-corrected chi connectivity index (χ2v) is 8.51. The molecule has 0 saturated carbocycles. The van der Waals surface area contributed by atoms with E-state index < -0.39 is 0 Å². The lowest BCUT2D eigenvalue weighted by molar-refractivity contribution is 0.994. The minimum atomic E-state index is -0.0700. The van der Waals surface area contributed by atoms with E-state index in [4.69, 9.17) is 0 Å². The first-order chi connectivity index (χ1) is 13.6. The van der Waals surface area contributed by atoms with Crippen LogP contribution in [0.5, 0.6) is 0 Å². The summed E-state index contributed by atoms with van der Waals surface area (Å²) < 4.78 is 2.40. The van der Waals surface area contributed by atoms with Crippen LogP contribution in [-0.4, -0.2) is 19.6 Å². The SMILES string of the molecule is CCc1ccc(Nc2nnc(SCc3cc(=O)n4cccc(C)c4n3)s2)cc1. The number of hydrogen-bond donors (Lipinski definition) is 1. The Morgan fingerprint density at radius 1 is 1.18 bits per heavy atom. The molecule has 0 aliphatic heterocycles. The molecule has 4 rings (SSSR count). The van der Waals surface area contributed by atoms with Crippen molar-refractivity contribution < 1.29 is 0 Å². The summed E-state index contributed by atoms with van der Waals surface area (Å²) in [6, 6.07) is 13.7. The molecular weight excluding hydrogens is 390 g/mol. The van der Waals surface area contributed by atoms with Gasteiger partial charge in [-0.2, -0.15) is 0 Å². The third-order valence-corrected chi connectivity index (χ3v) is 6.31. The van der Waals surface area contributed by atoms with Crippen LogP contribution >= 0.6 is 23.1 Å². The third kappa shape index (κ3) is 4.07. The van der Waals surface area contributed by atoms with Gasteiger partial charge in [0.2, 0.25) is 5.13 Å². The van der Waals surface area contributed by atoms with Gasteiger partial charge in [0.05, 0.1) is 5.69 Å². The maximum atomic E-state index is 12.3. The first-order valence-electron chi connectivity index (χ1n) is 8.92. The zero-order chi connectivity index (χ0) is 19.5. The Kier molecular flexibility index (Phi) is 5.40. The Morgan fingerprint density at radius 3 is 2.79 bits per heavy atom. The van der Waals surface area contributed by atoms with Crippen LogP contribution in [0.1, 0.15) is 23.7 Å². The molecule has 6 nitrogen and oxygen atoms in total. The molecule has 0 atom stereocenters. The van der Waals surface area contributed by atoms with Gasteiger partial charge in [-0.05, 0) is 42.7 Å². The fourth-order valence-corrected chi connectivity index (χ4v) is 4.45. The lowest BCUT2D eigenvalue weighted by Crippen LogP contribution is -2.15. The molecule has 0 radical (unpaired) electrons. The first kappa shape index (κ1) is 18.6. The van der Waals surface area contributed by atoms with E-state index in [-0.39, 0.29) is 5.56 Å². The predicted octanol–water partition coefficient (Wildman–Crippen LogP) is 4.45. The van der Waals surface area contributed by atoms with E-state index in [1.165, 1.54) is 28.7 Å². The monoisotopic (exact) mass is 409 g/mol. The van der Waals surface area contributed by atoms with Gasteiger partial charge < -0.3 is 5.32 Å². The lowest BCUT2D eigenvalue weighted by atomic mass is 10.1. The molecule has 3 heterocycles. The smallest absolute Gasteiger partial charge is 0.258 e. The van der Waals surface area contributed by atoms with Gasteiger partial charge in [0.15, 0.2) is 4.34 Å². The highest BCUT2D eigenvalue weighted by Gasteiger charge is 2.09. The number of aryl methyl sites for hydroxylation is 2. The minimum Gasteiger partial charge on any atom is -0.330 e. The number of aromatic nitrogens is 4. The van der Waals surface area contributed by atoms with E-state index in [1.807, 2.05) is 31.2 Å². The molecule has 0 bridgehead atoms. The zero-order valence-corrected chi connectivity index (χ0v) is 17.2. The summed E-state index contributed by atoms with van der Waals surface area (Å²) >= 11 is 3.01. The zero-order valence-electron chi connectivity index (χ0n) is 15.5. The van der Waals surface area contributed by atoms with Crippen LogP contribution in [0.25, 0.3) is 5.65 Å². The molecule has 8 heteroatoms. The number of thioether (sulfide) groups is 1. The Morgan fingerprint density at radius 2 is 2.00 bits per heavy atom. The average molecular weight is 410 g/mol. The molecule has 4 aromatic rings. The summed E-state index contributed by atoms with van der Waals surface area (Å²) in [5.74, 6) is 0.569. The van der Waals surface area contributed by atoms with Crippen LogP contribution in [0.15, 0.2) is 57.8 Å². The summed E-state index contributed by atoms with van der Waals surface area (Å²) in [5, 5.41) is 12.4. The number of benzene rings is 1. The van der Waals surface area contributed by atoms with Crippen molar-refractivity contribution in [2.24, 2.45) is 0 Å². The summed E-state index contributed by atoms with van der Waals surface area (Å²) in [5.41, 5.74) is 4.63. The van der Waals surface area contributed by atoms with Gasteiger partial charge in [0, 0.05) is 23.7 Å². The number of nitrogens with zero attached hydrogens (tertiary/aromatic N) is 4. The van der Waals surface area contributed by atoms with Crippen molar-refractivity contribution in [3.05, 3.63) is 75.8 Å². The molecule has 0 amide bonds. The van der Waals surface area contributed by atoms with Gasteiger partial charge in [0.1, 0.15) is 5.65 Å². The molecule has 28 heavy (non-hydrogen) atoms. The van der Waals surface area contributed by atoms with E-state index in [0.717, 1.165) is 32.8 Å². The molecule has 0 spiro atoms. The van der Waals surface area contributed by atoms with Gasteiger partial charge in [0.25, 0.3) is 5.56 Å². The lowest BCUT2D eigenvalue weighted by Gasteiger charge is -2.05. The molecule has 0 fully saturated rings. The van der Waals surface area contributed by atoms with Crippen LogP contribution < -0.4 is 10.9 Å². The third-order valence-electron chi connectivity index (χ3n) is 4.30. The van der Waals surface area contributed by atoms with Crippen molar-refractivity contribution in [2.45, 2.75) is 30.4 Å². The fraction of sp³-hybridized carbons (Fsp3) is 0.200. The fourth-order valence-electron chi connectivity index (χ4n) is 2.78. The molecule has 1 aromatic carbocycles. The molecule has 142 valence electrons. The van der Waals surface area contributed by atoms with E-state index in [2.05, 4.69) is 39.6 Å². The van der Waals surface area contributed by atoms with Crippen LogP contribution in [0, 0.1) is 6.92 Å². The number of hydrogen-bond acceptors (Lipinski definition) is 7. The standard InChI is InChI=1S/C20H19N5OS2/c1-3-14-6-8-15(9-7-14)22-19-23-24-20(28-19)27-12-16-11-17(26)25-10-4-5-13(2)18(25)21-16/h4-11H,3,12H2,1-2H3,(H,22,23). The number of pyridine rings is 1. The van der Waals surface area contributed by atoms with Crippen LogP contribution in [0.3, 0.4) is 0 Å². The van der Waals surface area contributed by atoms with Gasteiger partial charge in [-0.1, -0.05) is 48.2 Å². The second kappa shape index (κ2) is 8.12. The van der Waals surface area contributed by atoms with Crippen molar-refractivity contribution >= 4 is 39.6 Å². The molecular formula is C20H19N5OS2. The quantitative estimate of drug-likeness (QED) is 0.474. The highest BCUT2D eigenvalue weighted by Crippen LogP contribution is 2.29. The van der Waals surface area contributed by atoms with Crippen molar-refractivity contribution in [2.75, 3.05) is 5.32 Å². The Labute approximate surface area is 170 Å². The average Bonchev–Trinajstić information content (AvgIpc) is 3.15. The maximum Gasteiger partial charge on any atom is 0.258 e. The van der Waals surface area contributed by atoms with E-state index in [1.54, 1.807) is 16.7 Å². The molecule has 0 aliphatic carbocycles. The van der Waals surface area contributed by atoms with Crippen molar-refractivity contribution in [1.82, 2.24) is 19.6 Å². The summed E-state index contributed by atoms with van der Waals surface area (Å²) in [4.78, 5) is 16.9. The van der Waals surface area contributed by atoms with E-state index in [0.29, 0.717) is 11.4 Å². The number of anilines is 2. The normalized spacial score (nSPS) is 11.1. The number of nitrogens with one attached hydrogen (secondary N) is 1. The Hall–Kier alpha value is -2.71. The van der Waals surface area contributed by atoms with Crippen molar-refractivity contribution in [1.29, 1.82) is 0 Å². The van der Waals surface area contributed by atoms with Crippen molar-refractivity contribution in [3.63, 3.8) is 0 Å². The predicted molar refractivity (Wildman–Crippen MR) is 115 cm³/mol. The highest BCUT2D eigenvalue weighted by atomic mass is 32.2. The molecule has 3 aromatic heterocycles. The number of rotatable bonds is 6. The number of fused-ring (bicyclic) bond motifs is 1. The maximum absolute atomic E-state index is 12.3. The van der Waals surface area contributed by atoms with Gasteiger partial charge in [-0.25, -0.2) is 4.98 Å². The molecule has 0 aliphatic rings. The van der Waals surface area contributed by atoms with Gasteiger partial charge in [-0.3, -0.25) is 9.20 Å². The van der Waals surface area contributed by atoms with Gasteiger partial charge >= 0.3 is 0 Å². The Bertz CT molecular complexity index is 1170. The second-order valence-electron chi connectivity index (χ2n) is 6.31. The van der Waals surface area contributed by atoms with Crippen LogP contribution in [0.2, 0.25) is 0 Å². The molecule has 0 saturated heterocycles. The summed E-state index contributed by atoms with van der Waals surface area (Å²) in [6.45, 7) is 4.09. The van der Waals surface area contributed by atoms with Gasteiger partial charge in [-0.15, -0.1) is 10.2 Å². The molecule has 0 unspecified atom stereocenters. The largest absolute Gasteiger partial charge is 0.330 e. The Balaban J connectivity index is 1.45. The molecule has 1 N–H and O–H groups in total. The topological polar surface area (TPSA) is 72.2 Å². The van der Waals surface area contributed by atoms with Crippen LogP contribution in [-0.2, 0) is 12.2 Å². The highest BCUT2D eigenvalue weighted by molar-refractivity contribution is 8.00. The summed E-state index contributed by atoms with van der Waals surface area (Å²) in [6.07, 6.45) is 2.76. The van der Waals surface area contributed by atoms with Crippen molar-refractivity contribution in [3.8, 4) is 0 Å². The minimum absolute atomic E-state index is 0.0700. The summed E-state index contributed by atoms with van der Waals surface area (Å²) in [7, 11) is 0. The van der Waals surface area contributed by atoms with E-state index in [9.17, 15) is 4.79 Å². The van der Waals surface area contributed by atoms with E-state index >= 15 is 0 Å².